The Hall–Kier alpha value is -3.28. The van der Waals surface area contributed by atoms with Crippen LogP contribution in [0.2, 0.25) is 0 Å². The van der Waals surface area contributed by atoms with Crippen molar-refractivity contribution in [2.24, 2.45) is 0 Å². The summed E-state index contributed by atoms with van der Waals surface area (Å²) in [4.78, 5) is 14.3. The van der Waals surface area contributed by atoms with E-state index < -0.39 is 0 Å². The molecule has 1 aromatic heterocycles. The van der Waals surface area contributed by atoms with E-state index in [-0.39, 0.29) is 5.91 Å². The molecule has 0 N–H and O–H groups in total. The number of benzene rings is 2. The standard InChI is InChI=1S/C24H28N2O4/c1-17-8-5-6-9-23(17)28-15-7-14-26(4)24(27)20-10-12-21(13-11-20)29-16-22-18(2)25-30-19(22)3/h5-6,8-13H,7,14-16H2,1-4H3. The van der Waals surface area contributed by atoms with Crippen LogP contribution >= 0.6 is 0 Å². The third-order valence-corrected chi connectivity index (χ3v) is 5.00. The molecule has 0 unspecified atom stereocenters. The molecule has 30 heavy (non-hydrogen) atoms. The summed E-state index contributed by atoms with van der Waals surface area (Å²) in [6, 6.07) is 15.1. The highest BCUT2D eigenvalue weighted by atomic mass is 16.5. The molecule has 2 aromatic carbocycles. The van der Waals surface area contributed by atoms with Crippen molar-refractivity contribution >= 4 is 5.91 Å². The number of aryl methyl sites for hydroxylation is 3. The molecule has 1 amide bonds. The maximum Gasteiger partial charge on any atom is 0.253 e. The van der Waals surface area contributed by atoms with Gasteiger partial charge >= 0.3 is 0 Å². The Morgan fingerprint density at radius 1 is 1.03 bits per heavy atom. The first-order valence-electron chi connectivity index (χ1n) is 10.0. The highest BCUT2D eigenvalue weighted by molar-refractivity contribution is 5.94. The van der Waals surface area contributed by atoms with Gasteiger partial charge in [-0.05, 0) is 63.1 Å². The third kappa shape index (κ3) is 5.41. The molecule has 0 atom stereocenters. The molecule has 158 valence electrons. The first-order chi connectivity index (χ1) is 14.5. The molecular formula is C24H28N2O4. The van der Waals surface area contributed by atoms with Gasteiger partial charge < -0.3 is 18.9 Å². The Kier molecular flexibility index (Phi) is 7.12. The molecule has 3 rings (SSSR count). The second-order valence-electron chi connectivity index (χ2n) is 7.31. The fourth-order valence-corrected chi connectivity index (χ4v) is 3.08. The van der Waals surface area contributed by atoms with Crippen LogP contribution in [0.25, 0.3) is 0 Å². The van der Waals surface area contributed by atoms with Crippen molar-refractivity contribution in [3.05, 3.63) is 76.7 Å². The molecule has 0 fully saturated rings. The van der Waals surface area contributed by atoms with Crippen molar-refractivity contribution in [3.8, 4) is 11.5 Å². The zero-order valence-corrected chi connectivity index (χ0v) is 18.0. The number of nitrogens with zero attached hydrogens (tertiary/aromatic N) is 2. The van der Waals surface area contributed by atoms with Crippen molar-refractivity contribution < 1.29 is 18.8 Å². The number of hydrogen-bond acceptors (Lipinski definition) is 5. The Morgan fingerprint density at radius 2 is 1.77 bits per heavy atom. The number of carbonyl (C=O) groups is 1. The Balaban J connectivity index is 1.45. The summed E-state index contributed by atoms with van der Waals surface area (Å²) in [5.74, 6) is 2.31. The van der Waals surface area contributed by atoms with E-state index in [0.29, 0.717) is 31.1 Å². The van der Waals surface area contributed by atoms with Crippen LogP contribution in [0.3, 0.4) is 0 Å². The lowest BCUT2D eigenvalue weighted by Gasteiger charge is -2.18. The van der Waals surface area contributed by atoms with Crippen molar-refractivity contribution in [1.82, 2.24) is 10.1 Å². The molecule has 0 saturated carbocycles. The second kappa shape index (κ2) is 9.96. The van der Waals surface area contributed by atoms with Crippen molar-refractivity contribution in [3.63, 3.8) is 0 Å². The molecule has 6 nitrogen and oxygen atoms in total. The summed E-state index contributed by atoms with van der Waals surface area (Å²) >= 11 is 0. The van der Waals surface area contributed by atoms with E-state index in [4.69, 9.17) is 14.0 Å². The zero-order valence-electron chi connectivity index (χ0n) is 18.0. The van der Waals surface area contributed by atoms with Crippen LogP contribution < -0.4 is 9.47 Å². The molecule has 0 aliphatic carbocycles. The Morgan fingerprint density at radius 3 is 2.43 bits per heavy atom. The average Bonchev–Trinajstić information content (AvgIpc) is 3.08. The third-order valence-electron chi connectivity index (χ3n) is 5.00. The Labute approximate surface area is 177 Å². The predicted octanol–water partition coefficient (Wildman–Crippen LogP) is 4.72. The van der Waals surface area contributed by atoms with Crippen LogP contribution in [0, 0.1) is 20.8 Å². The van der Waals surface area contributed by atoms with Crippen molar-refractivity contribution in [2.75, 3.05) is 20.2 Å². The minimum absolute atomic E-state index is 0.0248. The van der Waals surface area contributed by atoms with Gasteiger partial charge in [-0.15, -0.1) is 0 Å². The quantitative estimate of drug-likeness (QED) is 0.479. The highest BCUT2D eigenvalue weighted by Crippen LogP contribution is 2.19. The molecule has 6 heteroatoms. The predicted molar refractivity (Wildman–Crippen MR) is 115 cm³/mol. The number of ether oxygens (including phenoxy) is 2. The molecule has 0 aliphatic heterocycles. The van der Waals surface area contributed by atoms with Crippen LogP contribution in [0.4, 0.5) is 0 Å². The summed E-state index contributed by atoms with van der Waals surface area (Å²) in [5.41, 5.74) is 3.51. The van der Waals surface area contributed by atoms with E-state index in [1.807, 2.05) is 45.0 Å². The number of rotatable bonds is 9. The molecule has 0 bridgehead atoms. The average molecular weight is 408 g/mol. The molecular weight excluding hydrogens is 380 g/mol. The maximum absolute atomic E-state index is 12.6. The minimum Gasteiger partial charge on any atom is -0.493 e. The summed E-state index contributed by atoms with van der Waals surface area (Å²) in [7, 11) is 1.80. The summed E-state index contributed by atoms with van der Waals surface area (Å²) in [5, 5.41) is 3.92. The first-order valence-corrected chi connectivity index (χ1v) is 10.0. The van der Waals surface area contributed by atoms with E-state index in [2.05, 4.69) is 5.16 Å². The second-order valence-corrected chi connectivity index (χ2v) is 7.31. The van der Waals surface area contributed by atoms with Gasteiger partial charge in [-0.3, -0.25) is 4.79 Å². The largest absolute Gasteiger partial charge is 0.493 e. The van der Waals surface area contributed by atoms with E-state index in [0.717, 1.165) is 34.8 Å². The van der Waals surface area contributed by atoms with Gasteiger partial charge in [0, 0.05) is 19.2 Å². The van der Waals surface area contributed by atoms with Gasteiger partial charge in [-0.1, -0.05) is 23.4 Å². The number of para-hydroxylation sites is 1. The molecule has 0 spiro atoms. The topological polar surface area (TPSA) is 64.8 Å². The highest BCUT2D eigenvalue weighted by Gasteiger charge is 2.13. The number of amides is 1. The fraction of sp³-hybridized carbons (Fsp3) is 0.333. The SMILES string of the molecule is Cc1ccccc1OCCCN(C)C(=O)c1ccc(OCc2c(C)noc2C)cc1. The van der Waals surface area contributed by atoms with Crippen LogP contribution in [0.15, 0.2) is 53.1 Å². The zero-order chi connectivity index (χ0) is 21.5. The monoisotopic (exact) mass is 408 g/mol. The van der Waals surface area contributed by atoms with Gasteiger partial charge in [0.05, 0.1) is 17.9 Å². The smallest absolute Gasteiger partial charge is 0.253 e. The fourth-order valence-electron chi connectivity index (χ4n) is 3.08. The van der Waals surface area contributed by atoms with Gasteiger partial charge in [0.15, 0.2) is 0 Å². The summed E-state index contributed by atoms with van der Waals surface area (Å²) in [6.07, 6.45) is 0.759. The van der Waals surface area contributed by atoms with Gasteiger partial charge in [-0.2, -0.15) is 0 Å². The van der Waals surface area contributed by atoms with Gasteiger partial charge in [0.2, 0.25) is 0 Å². The van der Waals surface area contributed by atoms with Crippen LogP contribution in [0.1, 0.15) is 39.4 Å². The van der Waals surface area contributed by atoms with E-state index in [9.17, 15) is 4.79 Å². The van der Waals surface area contributed by atoms with E-state index in [1.54, 1.807) is 36.2 Å². The molecule has 3 aromatic rings. The Bertz CT molecular complexity index is 960. The number of hydrogen-bond donors (Lipinski definition) is 0. The molecule has 1 heterocycles. The molecule has 0 radical (unpaired) electrons. The van der Waals surface area contributed by atoms with Gasteiger partial charge in [0.25, 0.3) is 5.91 Å². The first kappa shape index (κ1) is 21.4. The molecule has 0 aliphatic rings. The van der Waals surface area contributed by atoms with Crippen LogP contribution in [-0.4, -0.2) is 36.2 Å². The van der Waals surface area contributed by atoms with E-state index >= 15 is 0 Å². The van der Waals surface area contributed by atoms with Crippen molar-refractivity contribution in [2.45, 2.75) is 33.8 Å². The summed E-state index contributed by atoms with van der Waals surface area (Å²) < 4.78 is 16.7. The van der Waals surface area contributed by atoms with E-state index in [1.165, 1.54) is 0 Å². The lowest BCUT2D eigenvalue weighted by molar-refractivity contribution is 0.0787. The summed E-state index contributed by atoms with van der Waals surface area (Å²) in [6.45, 7) is 7.34. The van der Waals surface area contributed by atoms with Crippen molar-refractivity contribution in [1.29, 1.82) is 0 Å². The van der Waals surface area contributed by atoms with Crippen LogP contribution in [0.5, 0.6) is 11.5 Å². The molecule has 0 saturated heterocycles. The lowest BCUT2D eigenvalue weighted by Crippen LogP contribution is -2.28. The normalized spacial score (nSPS) is 10.7. The lowest BCUT2D eigenvalue weighted by atomic mass is 10.2. The van der Waals surface area contributed by atoms with Crippen LogP contribution in [-0.2, 0) is 6.61 Å². The number of carbonyl (C=O) groups excluding carboxylic acids is 1. The minimum atomic E-state index is -0.0248. The number of aromatic nitrogens is 1. The maximum atomic E-state index is 12.6. The van der Waals surface area contributed by atoms with Gasteiger partial charge in [0.1, 0.15) is 23.9 Å². The van der Waals surface area contributed by atoms with Gasteiger partial charge in [-0.25, -0.2) is 0 Å².